The van der Waals surface area contributed by atoms with Gasteiger partial charge in [-0.2, -0.15) is 0 Å². The summed E-state index contributed by atoms with van der Waals surface area (Å²) in [5.74, 6) is 0.0187. The van der Waals surface area contributed by atoms with Crippen LogP contribution >= 0.6 is 0 Å². The smallest absolute Gasteiger partial charge is 0.330 e. The molecule has 0 bridgehead atoms. The standard InChI is InChI=1S/C17H28N4O3/c1-3-5-10-20(16(23)12-8-7-9-12)13-14(18)21(11-6-4-2)17(24)19-15(13)22/h12H,3-11,18H2,1-2H3,(H,19,22,24). The fourth-order valence-electron chi connectivity index (χ4n) is 2.90. The van der Waals surface area contributed by atoms with Crippen LogP contribution in [0.4, 0.5) is 11.5 Å². The minimum atomic E-state index is -0.575. The molecule has 1 fully saturated rings. The minimum Gasteiger partial charge on any atom is -0.383 e. The maximum atomic E-state index is 12.8. The van der Waals surface area contributed by atoms with Crippen molar-refractivity contribution in [3.05, 3.63) is 20.8 Å². The zero-order valence-corrected chi connectivity index (χ0v) is 14.6. The van der Waals surface area contributed by atoms with Gasteiger partial charge < -0.3 is 10.6 Å². The molecule has 1 aromatic heterocycles. The summed E-state index contributed by atoms with van der Waals surface area (Å²) >= 11 is 0. The molecule has 1 aromatic rings. The Bertz CT molecular complexity index is 688. The van der Waals surface area contributed by atoms with Gasteiger partial charge in [-0.1, -0.05) is 33.1 Å². The van der Waals surface area contributed by atoms with Crippen molar-refractivity contribution in [3.63, 3.8) is 0 Å². The first-order valence-corrected chi connectivity index (χ1v) is 8.95. The van der Waals surface area contributed by atoms with Gasteiger partial charge in [-0.05, 0) is 25.7 Å². The highest BCUT2D eigenvalue weighted by Gasteiger charge is 2.32. The Morgan fingerprint density at radius 3 is 2.46 bits per heavy atom. The number of aromatic nitrogens is 2. The lowest BCUT2D eigenvalue weighted by Gasteiger charge is -2.32. The summed E-state index contributed by atoms with van der Waals surface area (Å²) in [6, 6.07) is 0. The van der Waals surface area contributed by atoms with Crippen molar-refractivity contribution >= 4 is 17.4 Å². The maximum Gasteiger partial charge on any atom is 0.330 e. The number of carbonyl (C=O) groups is 1. The molecule has 0 atom stereocenters. The van der Waals surface area contributed by atoms with Crippen LogP contribution in [-0.2, 0) is 11.3 Å². The number of H-pyrrole nitrogens is 1. The van der Waals surface area contributed by atoms with Crippen LogP contribution in [-0.4, -0.2) is 22.0 Å². The molecular formula is C17H28N4O3. The number of nitrogen functional groups attached to an aromatic ring is 1. The van der Waals surface area contributed by atoms with Crippen molar-refractivity contribution in [1.82, 2.24) is 9.55 Å². The summed E-state index contributed by atoms with van der Waals surface area (Å²) in [6.07, 6.45) is 6.12. The summed E-state index contributed by atoms with van der Waals surface area (Å²) < 4.78 is 1.37. The molecule has 0 unspecified atom stereocenters. The number of hydrogen-bond acceptors (Lipinski definition) is 4. The predicted octanol–water partition coefficient (Wildman–Crippen LogP) is 1.85. The van der Waals surface area contributed by atoms with Crippen LogP contribution < -0.4 is 21.9 Å². The van der Waals surface area contributed by atoms with E-state index in [2.05, 4.69) is 4.98 Å². The van der Waals surface area contributed by atoms with Gasteiger partial charge in [-0.25, -0.2) is 4.79 Å². The molecule has 1 heterocycles. The Hall–Kier alpha value is -2.05. The number of nitrogens with one attached hydrogen (secondary N) is 1. The van der Waals surface area contributed by atoms with E-state index in [1.165, 1.54) is 9.47 Å². The van der Waals surface area contributed by atoms with Crippen LogP contribution in [0.15, 0.2) is 9.59 Å². The Labute approximate surface area is 141 Å². The van der Waals surface area contributed by atoms with E-state index in [1.54, 1.807) is 0 Å². The van der Waals surface area contributed by atoms with Crippen molar-refractivity contribution < 1.29 is 4.79 Å². The second-order valence-electron chi connectivity index (χ2n) is 6.47. The average Bonchev–Trinajstić information content (AvgIpc) is 2.48. The largest absolute Gasteiger partial charge is 0.383 e. The molecule has 1 saturated carbocycles. The highest BCUT2D eigenvalue weighted by molar-refractivity contribution is 5.97. The molecule has 0 aromatic carbocycles. The van der Waals surface area contributed by atoms with Gasteiger partial charge in [0.25, 0.3) is 5.56 Å². The normalized spacial score (nSPS) is 14.4. The first kappa shape index (κ1) is 18.3. The molecule has 134 valence electrons. The molecule has 2 rings (SSSR count). The number of unbranched alkanes of at least 4 members (excludes halogenated alkanes) is 2. The van der Waals surface area contributed by atoms with Crippen LogP contribution in [0.5, 0.6) is 0 Å². The van der Waals surface area contributed by atoms with Crippen LogP contribution in [0.2, 0.25) is 0 Å². The lowest BCUT2D eigenvalue weighted by Crippen LogP contribution is -2.45. The fraction of sp³-hybridized carbons (Fsp3) is 0.706. The molecule has 0 aliphatic heterocycles. The molecule has 0 spiro atoms. The lowest BCUT2D eigenvalue weighted by atomic mass is 9.84. The Morgan fingerprint density at radius 2 is 1.92 bits per heavy atom. The first-order chi connectivity index (χ1) is 11.5. The van der Waals surface area contributed by atoms with E-state index in [4.69, 9.17) is 5.73 Å². The first-order valence-electron chi connectivity index (χ1n) is 8.95. The van der Waals surface area contributed by atoms with E-state index in [0.29, 0.717) is 13.1 Å². The van der Waals surface area contributed by atoms with E-state index in [0.717, 1.165) is 44.9 Å². The molecule has 1 aliphatic carbocycles. The van der Waals surface area contributed by atoms with Gasteiger partial charge in [0.15, 0.2) is 5.69 Å². The van der Waals surface area contributed by atoms with Crippen molar-refractivity contribution in [2.24, 2.45) is 5.92 Å². The molecule has 1 aliphatic rings. The summed E-state index contributed by atoms with van der Waals surface area (Å²) in [7, 11) is 0. The van der Waals surface area contributed by atoms with Crippen molar-refractivity contribution in [2.75, 3.05) is 17.2 Å². The molecule has 0 saturated heterocycles. The van der Waals surface area contributed by atoms with Crippen molar-refractivity contribution in [3.8, 4) is 0 Å². The summed E-state index contributed by atoms with van der Waals surface area (Å²) in [5, 5.41) is 0. The highest BCUT2D eigenvalue weighted by Crippen LogP contribution is 2.30. The van der Waals surface area contributed by atoms with Gasteiger partial charge in [0.2, 0.25) is 5.91 Å². The van der Waals surface area contributed by atoms with Crippen molar-refractivity contribution in [1.29, 1.82) is 0 Å². The van der Waals surface area contributed by atoms with Crippen LogP contribution in [0, 0.1) is 5.92 Å². The topological polar surface area (TPSA) is 101 Å². The quantitative estimate of drug-likeness (QED) is 0.756. The van der Waals surface area contributed by atoms with Gasteiger partial charge in [0, 0.05) is 19.0 Å². The third-order valence-electron chi connectivity index (χ3n) is 4.68. The Balaban J connectivity index is 2.45. The number of nitrogens with two attached hydrogens (primary N) is 1. The zero-order chi connectivity index (χ0) is 17.7. The number of anilines is 2. The Morgan fingerprint density at radius 1 is 1.25 bits per heavy atom. The minimum absolute atomic E-state index is 0.0309. The van der Waals surface area contributed by atoms with E-state index < -0.39 is 11.2 Å². The van der Waals surface area contributed by atoms with Gasteiger partial charge in [-0.15, -0.1) is 0 Å². The molecule has 7 heteroatoms. The SMILES string of the molecule is CCCCN(C(=O)C1CCC1)c1c(N)n(CCCC)c(=O)[nH]c1=O. The number of hydrogen-bond donors (Lipinski definition) is 2. The Kier molecular flexibility index (Phi) is 6.23. The molecule has 7 nitrogen and oxygen atoms in total. The number of amides is 1. The average molecular weight is 336 g/mol. The van der Waals surface area contributed by atoms with Crippen LogP contribution in [0.1, 0.15) is 58.8 Å². The summed E-state index contributed by atoms with van der Waals surface area (Å²) in [5.41, 5.74) is 5.19. The number of aromatic amines is 1. The monoisotopic (exact) mass is 336 g/mol. The van der Waals surface area contributed by atoms with Gasteiger partial charge in [0.1, 0.15) is 5.82 Å². The molecule has 24 heavy (non-hydrogen) atoms. The van der Waals surface area contributed by atoms with E-state index in [1.807, 2.05) is 13.8 Å². The summed E-state index contributed by atoms with van der Waals surface area (Å²) in [6.45, 7) is 4.93. The molecule has 1 amide bonds. The highest BCUT2D eigenvalue weighted by atomic mass is 16.2. The third-order valence-corrected chi connectivity index (χ3v) is 4.68. The lowest BCUT2D eigenvalue weighted by molar-refractivity contribution is -0.124. The second kappa shape index (κ2) is 8.17. The number of nitrogens with zero attached hydrogens (tertiary/aromatic N) is 2. The number of rotatable bonds is 8. The van der Waals surface area contributed by atoms with Gasteiger partial charge in [-0.3, -0.25) is 19.1 Å². The molecular weight excluding hydrogens is 308 g/mol. The van der Waals surface area contributed by atoms with E-state index >= 15 is 0 Å². The maximum absolute atomic E-state index is 12.8. The van der Waals surface area contributed by atoms with Gasteiger partial charge in [0.05, 0.1) is 0 Å². The van der Waals surface area contributed by atoms with E-state index in [9.17, 15) is 14.4 Å². The van der Waals surface area contributed by atoms with Crippen LogP contribution in [0.25, 0.3) is 0 Å². The number of carbonyl (C=O) groups excluding carboxylic acids is 1. The zero-order valence-electron chi connectivity index (χ0n) is 14.6. The fourth-order valence-corrected chi connectivity index (χ4v) is 2.90. The van der Waals surface area contributed by atoms with Gasteiger partial charge >= 0.3 is 5.69 Å². The second-order valence-corrected chi connectivity index (χ2v) is 6.47. The van der Waals surface area contributed by atoms with Crippen molar-refractivity contribution in [2.45, 2.75) is 65.3 Å². The summed E-state index contributed by atoms with van der Waals surface area (Å²) in [4.78, 5) is 41.0. The predicted molar refractivity (Wildman–Crippen MR) is 95.2 cm³/mol. The van der Waals surface area contributed by atoms with Crippen LogP contribution in [0.3, 0.4) is 0 Å². The third kappa shape index (κ3) is 3.71. The van der Waals surface area contributed by atoms with E-state index in [-0.39, 0.29) is 23.3 Å². The molecule has 0 radical (unpaired) electrons. The molecule has 3 N–H and O–H groups in total.